The zero-order valence-corrected chi connectivity index (χ0v) is 9.44. The average molecular weight is 257 g/mol. The van der Waals surface area contributed by atoms with Gasteiger partial charge in [-0.2, -0.15) is 4.98 Å². The molecule has 0 aliphatic carbocycles. The molecule has 7 heteroatoms. The predicted molar refractivity (Wildman–Crippen MR) is 62.0 cm³/mol. The highest BCUT2D eigenvalue weighted by molar-refractivity contribution is 7.71. The fourth-order valence-electron chi connectivity index (χ4n) is 1.18. The van der Waals surface area contributed by atoms with Crippen LogP contribution in [0.4, 0.5) is 10.3 Å². The molecule has 1 aromatic carbocycles. The van der Waals surface area contributed by atoms with Crippen molar-refractivity contribution in [3.63, 3.8) is 0 Å². The van der Waals surface area contributed by atoms with E-state index in [9.17, 15) is 4.39 Å². The monoisotopic (exact) mass is 256 g/mol. The van der Waals surface area contributed by atoms with Crippen LogP contribution in [0.25, 0.3) is 11.4 Å². The molecule has 2 aromatic rings. The van der Waals surface area contributed by atoms with E-state index in [0.717, 1.165) is 0 Å². The minimum absolute atomic E-state index is 0.0457. The first kappa shape index (κ1) is 11.0. The molecular weight excluding hydrogens is 251 g/mol. The van der Waals surface area contributed by atoms with Crippen molar-refractivity contribution in [2.75, 3.05) is 5.73 Å². The standard InChI is InChI=1S/C9H6ClFN4S/c10-5-2-1-4(3-6(5)11)7-13-8(12)15-9(16)14-7/h1-3H,(H3,12,13,14,15,16). The summed E-state index contributed by atoms with van der Waals surface area (Å²) < 4.78 is 13.3. The molecule has 0 aliphatic rings. The minimum Gasteiger partial charge on any atom is -0.369 e. The van der Waals surface area contributed by atoms with Crippen LogP contribution >= 0.6 is 23.8 Å². The third-order valence-electron chi connectivity index (χ3n) is 1.86. The maximum Gasteiger partial charge on any atom is 0.224 e. The smallest absolute Gasteiger partial charge is 0.224 e. The first-order chi connectivity index (χ1) is 7.56. The number of nitrogens with one attached hydrogen (secondary N) is 1. The largest absolute Gasteiger partial charge is 0.369 e. The lowest BCUT2D eigenvalue weighted by Gasteiger charge is -2.02. The van der Waals surface area contributed by atoms with Crippen molar-refractivity contribution in [2.45, 2.75) is 0 Å². The van der Waals surface area contributed by atoms with Crippen LogP contribution in [0, 0.1) is 10.6 Å². The SMILES string of the molecule is Nc1nc(=S)nc(-c2ccc(Cl)c(F)c2)[nH]1. The molecule has 0 atom stereocenters. The number of benzene rings is 1. The number of hydrogen-bond acceptors (Lipinski definition) is 4. The van der Waals surface area contributed by atoms with Crippen LogP contribution in [0.1, 0.15) is 0 Å². The van der Waals surface area contributed by atoms with Crippen molar-refractivity contribution in [1.82, 2.24) is 15.0 Å². The van der Waals surface area contributed by atoms with Crippen LogP contribution < -0.4 is 5.73 Å². The number of nitrogens with two attached hydrogens (primary N) is 1. The average Bonchev–Trinajstić information content (AvgIpc) is 2.20. The molecule has 0 radical (unpaired) electrons. The second kappa shape index (κ2) is 4.15. The number of aromatic amines is 1. The quantitative estimate of drug-likeness (QED) is 0.770. The van der Waals surface area contributed by atoms with Gasteiger partial charge in [-0.05, 0) is 30.4 Å². The number of rotatable bonds is 1. The maximum atomic E-state index is 13.2. The Morgan fingerprint density at radius 3 is 2.75 bits per heavy atom. The van der Waals surface area contributed by atoms with Gasteiger partial charge in [-0.15, -0.1) is 0 Å². The number of hydrogen-bond donors (Lipinski definition) is 2. The minimum atomic E-state index is -0.532. The van der Waals surface area contributed by atoms with Crippen molar-refractivity contribution in [3.05, 3.63) is 33.8 Å². The summed E-state index contributed by atoms with van der Waals surface area (Å²) in [6.45, 7) is 0. The van der Waals surface area contributed by atoms with Crippen LogP contribution in [-0.2, 0) is 0 Å². The number of halogens is 2. The molecule has 0 fully saturated rings. The normalized spacial score (nSPS) is 10.4. The fourth-order valence-corrected chi connectivity index (χ4v) is 1.49. The lowest BCUT2D eigenvalue weighted by Crippen LogP contribution is -1.99. The maximum absolute atomic E-state index is 13.2. The fraction of sp³-hybridized carbons (Fsp3) is 0. The van der Waals surface area contributed by atoms with E-state index in [2.05, 4.69) is 15.0 Å². The van der Waals surface area contributed by atoms with Gasteiger partial charge in [0.05, 0.1) is 5.02 Å². The van der Waals surface area contributed by atoms with E-state index in [1.165, 1.54) is 12.1 Å². The summed E-state index contributed by atoms with van der Waals surface area (Å²) in [5.74, 6) is -0.0471. The molecule has 82 valence electrons. The number of nitrogen functional groups attached to an aromatic ring is 1. The Kier molecular flexibility index (Phi) is 2.84. The second-order valence-corrected chi connectivity index (χ2v) is 3.77. The lowest BCUT2D eigenvalue weighted by molar-refractivity contribution is 0.628. The Morgan fingerprint density at radius 1 is 1.38 bits per heavy atom. The third-order valence-corrected chi connectivity index (χ3v) is 2.35. The molecule has 3 N–H and O–H groups in total. The van der Waals surface area contributed by atoms with E-state index in [4.69, 9.17) is 29.6 Å². The van der Waals surface area contributed by atoms with Crippen LogP contribution in [0.15, 0.2) is 18.2 Å². The summed E-state index contributed by atoms with van der Waals surface area (Å²) >= 11 is 10.4. The highest BCUT2D eigenvalue weighted by Gasteiger charge is 2.05. The topological polar surface area (TPSA) is 67.6 Å². The number of anilines is 1. The molecule has 0 unspecified atom stereocenters. The summed E-state index contributed by atoms with van der Waals surface area (Å²) in [6.07, 6.45) is 0. The summed E-state index contributed by atoms with van der Waals surface area (Å²) in [5.41, 5.74) is 5.97. The van der Waals surface area contributed by atoms with E-state index >= 15 is 0 Å². The second-order valence-electron chi connectivity index (χ2n) is 2.99. The van der Waals surface area contributed by atoms with Crippen molar-refractivity contribution in [3.8, 4) is 11.4 Å². The Balaban J connectivity index is 2.58. The van der Waals surface area contributed by atoms with Gasteiger partial charge in [0.2, 0.25) is 10.7 Å². The zero-order valence-electron chi connectivity index (χ0n) is 7.87. The van der Waals surface area contributed by atoms with Gasteiger partial charge in [0, 0.05) is 5.56 Å². The molecule has 0 aliphatic heterocycles. The van der Waals surface area contributed by atoms with E-state index in [1.54, 1.807) is 6.07 Å². The summed E-state index contributed by atoms with van der Waals surface area (Å²) in [5, 5.41) is 0.0457. The Morgan fingerprint density at radius 2 is 2.12 bits per heavy atom. The van der Waals surface area contributed by atoms with Crippen molar-refractivity contribution in [2.24, 2.45) is 0 Å². The van der Waals surface area contributed by atoms with Gasteiger partial charge in [0.1, 0.15) is 11.6 Å². The van der Waals surface area contributed by atoms with Gasteiger partial charge in [-0.25, -0.2) is 9.37 Å². The van der Waals surface area contributed by atoms with Gasteiger partial charge in [-0.3, -0.25) is 0 Å². The molecule has 0 saturated heterocycles. The number of aromatic nitrogens is 3. The van der Waals surface area contributed by atoms with Gasteiger partial charge in [0.15, 0.2) is 0 Å². The molecule has 0 spiro atoms. The van der Waals surface area contributed by atoms with Crippen LogP contribution in [-0.4, -0.2) is 15.0 Å². The molecule has 1 heterocycles. The highest BCUT2D eigenvalue weighted by Crippen LogP contribution is 2.21. The lowest BCUT2D eigenvalue weighted by atomic mass is 10.2. The predicted octanol–water partition coefficient (Wildman–Crippen LogP) is 2.58. The Hall–Kier alpha value is -1.53. The Bertz CT molecular complexity index is 598. The summed E-state index contributed by atoms with van der Waals surface area (Å²) in [4.78, 5) is 10.3. The van der Waals surface area contributed by atoms with Crippen molar-refractivity contribution in [1.29, 1.82) is 0 Å². The van der Waals surface area contributed by atoms with Crippen LogP contribution in [0.5, 0.6) is 0 Å². The van der Waals surface area contributed by atoms with Gasteiger partial charge >= 0.3 is 0 Å². The third kappa shape index (κ3) is 2.17. The van der Waals surface area contributed by atoms with E-state index in [-0.39, 0.29) is 15.7 Å². The Labute approximate surface area is 100 Å². The highest BCUT2D eigenvalue weighted by atomic mass is 35.5. The molecule has 16 heavy (non-hydrogen) atoms. The van der Waals surface area contributed by atoms with Crippen LogP contribution in [0.2, 0.25) is 5.02 Å². The first-order valence-corrected chi connectivity index (χ1v) is 5.04. The first-order valence-electron chi connectivity index (χ1n) is 4.25. The summed E-state index contributed by atoms with van der Waals surface area (Å²) in [7, 11) is 0. The number of nitrogens with zero attached hydrogens (tertiary/aromatic N) is 2. The van der Waals surface area contributed by atoms with E-state index in [0.29, 0.717) is 11.4 Å². The molecule has 4 nitrogen and oxygen atoms in total. The van der Waals surface area contributed by atoms with Gasteiger partial charge in [0.25, 0.3) is 0 Å². The summed E-state index contributed by atoms with van der Waals surface area (Å²) in [6, 6.07) is 4.29. The molecule has 0 amide bonds. The van der Waals surface area contributed by atoms with E-state index in [1.807, 2.05) is 0 Å². The van der Waals surface area contributed by atoms with Crippen molar-refractivity contribution < 1.29 is 4.39 Å². The molecule has 0 bridgehead atoms. The van der Waals surface area contributed by atoms with Crippen molar-refractivity contribution >= 4 is 29.8 Å². The molecule has 0 saturated carbocycles. The number of H-pyrrole nitrogens is 1. The zero-order chi connectivity index (χ0) is 11.7. The molecule has 2 rings (SSSR count). The van der Waals surface area contributed by atoms with Gasteiger partial charge in [-0.1, -0.05) is 11.6 Å². The van der Waals surface area contributed by atoms with Gasteiger partial charge < -0.3 is 10.7 Å². The van der Waals surface area contributed by atoms with E-state index < -0.39 is 5.82 Å². The van der Waals surface area contributed by atoms with Crippen LogP contribution in [0.3, 0.4) is 0 Å². The molecule has 1 aromatic heterocycles. The molecular formula is C9H6ClFN4S.